The minimum absolute atomic E-state index is 0.0212. The predicted molar refractivity (Wildman–Crippen MR) is 116 cm³/mol. The Bertz CT molecular complexity index is 954. The molecule has 1 spiro atoms. The van der Waals surface area contributed by atoms with Crippen molar-refractivity contribution in [2.45, 2.75) is 70.4 Å². The van der Waals surface area contributed by atoms with Crippen molar-refractivity contribution in [1.29, 1.82) is 0 Å². The van der Waals surface area contributed by atoms with E-state index in [4.69, 9.17) is 14.0 Å². The lowest BCUT2D eigenvalue weighted by molar-refractivity contribution is -0.225. The monoisotopic (exact) mass is 463 g/mol. The molecule has 4 fully saturated rings. The molecule has 180 valence electrons. The van der Waals surface area contributed by atoms with Crippen LogP contribution in [-0.4, -0.2) is 35.9 Å². The number of para-hydroxylation sites is 1. The fourth-order valence-corrected chi connectivity index (χ4v) is 5.97. The standard InChI is InChI=1S/C14H13F2NO3.C11H18O2/c15-14(16)19-11-4-2-1-3-9(11)12-10(7-18)13(20-17-12)8-5-6-8;1-8-7-9-3-2-4-10(8)11(9)12-5-6-13-11/h1-4,8,14,18H,5-7H2;8-10H,2-7H2,1H3. The third-order valence-corrected chi connectivity index (χ3v) is 7.52. The summed E-state index contributed by atoms with van der Waals surface area (Å²) in [5.74, 6) is 3.02. The molecule has 33 heavy (non-hydrogen) atoms. The predicted octanol–water partition coefficient (Wildman–Crippen LogP) is 5.50. The molecule has 1 saturated heterocycles. The van der Waals surface area contributed by atoms with Crippen LogP contribution < -0.4 is 4.74 Å². The molecule has 1 aliphatic heterocycles. The summed E-state index contributed by atoms with van der Waals surface area (Å²) < 4.78 is 46.4. The normalized spacial score (nSPS) is 27.6. The van der Waals surface area contributed by atoms with E-state index in [1.807, 2.05) is 0 Å². The van der Waals surface area contributed by atoms with Crippen LogP contribution in [0.2, 0.25) is 0 Å². The van der Waals surface area contributed by atoms with Gasteiger partial charge < -0.3 is 23.8 Å². The zero-order chi connectivity index (χ0) is 23.0. The number of hydrogen-bond donors (Lipinski definition) is 1. The average Bonchev–Trinajstić information content (AvgIpc) is 3.36. The number of rotatable bonds is 5. The summed E-state index contributed by atoms with van der Waals surface area (Å²) in [6, 6.07) is 6.35. The van der Waals surface area contributed by atoms with E-state index in [1.54, 1.807) is 18.2 Å². The minimum Gasteiger partial charge on any atom is -0.434 e. The molecule has 2 bridgehead atoms. The van der Waals surface area contributed by atoms with Crippen molar-refractivity contribution in [3.05, 3.63) is 35.6 Å². The highest BCUT2D eigenvalue weighted by Crippen LogP contribution is 2.56. The molecule has 8 heteroatoms. The molecule has 0 amide bonds. The van der Waals surface area contributed by atoms with Gasteiger partial charge in [0.05, 0.1) is 19.8 Å². The second kappa shape index (κ2) is 9.31. The molecule has 4 aliphatic rings. The van der Waals surface area contributed by atoms with E-state index >= 15 is 0 Å². The maximum absolute atomic E-state index is 12.4. The van der Waals surface area contributed by atoms with Gasteiger partial charge in [-0.3, -0.25) is 0 Å². The Labute approximate surface area is 192 Å². The molecular formula is C25H31F2NO5. The van der Waals surface area contributed by atoms with E-state index in [0.717, 1.165) is 32.0 Å². The van der Waals surface area contributed by atoms with Gasteiger partial charge in [0.15, 0.2) is 5.79 Å². The first-order valence-corrected chi connectivity index (χ1v) is 11.9. The van der Waals surface area contributed by atoms with E-state index in [9.17, 15) is 13.9 Å². The Balaban J connectivity index is 0.000000151. The first kappa shape index (κ1) is 22.7. The van der Waals surface area contributed by atoms with E-state index in [1.165, 1.54) is 31.7 Å². The summed E-state index contributed by atoms with van der Waals surface area (Å²) in [6.45, 7) is 0.846. The smallest absolute Gasteiger partial charge is 0.387 e. The molecule has 6 rings (SSSR count). The van der Waals surface area contributed by atoms with Gasteiger partial charge in [0.1, 0.15) is 17.2 Å². The van der Waals surface area contributed by atoms with Crippen LogP contribution in [0.1, 0.15) is 62.7 Å². The topological polar surface area (TPSA) is 74.0 Å². The van der Waals surface area contributed by atoms with Gasteiger partial charge in [0, 0.05) is 28.9 Å². The number of nitrogens with zero attached hydrogens (tertiary/aromatic N) is 1. The number of aliphatic hydroxyl groups excluding tert-OH is 1. The van der Waals surface area contributed by atoms with E-state index < -0.39 is 6.61 Å². The first-order chi connectivity index (χ1) is 16.0. The summed E-state index contributed by atoms with van der Waals surface area (Å²) in [6.07, 6.45) is 7.34. The molecule has 3 saturated carbocycles. The van der Waals surface area contributed by atoms with Gasteiger partial charge >= 0.3 is 6.61 Å². The first-order valence-electron chi connectivity index (χ1n) is 11.9. The third-order valence-electron chi connectivity index (χ3n) is 7.52. The molecule has 3 unspecified atom stereocenters. The van der Waals surface area contributed by atoms with Crippen LogP contribution >= 0.6 is 0 Å². The number of aromatic nitrogens is 1. The summed E-state index contributed by atoms with van der Waals surface area (Å²) in [7, 11) is 0. The van der Waals surface area contributed by atoms with Crippen molar-refractivity contribution in [2.24, 2.45) is 17.8 Å². The maximum Gasteiger partial charge on any atom is 0.387 e. The van der Waals surface area contributed by atoms with Crippen LogP contribution in [0.4, 0.5) is 8.78 Å². The second-order valence-electron chi connectivity index (χ2n) is 9.55. The Kier molecular flexibility index (Phi) is 6.42. The molecule has 3 atom stereocenters. The molecule has 6 nitrogen and oxygen atoms in total. The lowest BCUT2D eigenvalue weighted by Gasteiger charge is -2.39. The zero-order valence-electron chi connectivity index (χ0n) is 18.8. The van der Waals surface area contributed by atoms with Crippen molar-refractivity contribution in [2.75, 3.05) is 13.2 Å². The molecular weight excluding hydrogens is 432 g/mol. The van der Waals surface area contributed by atoms with Crippen LogP contribution in [0.25, 0.3) is 11.3 Å². The van der Waals surface area contributed by atoms with Crippen molar-refractivity contribution >= 4 is 0 Å². The molecule has 1 aromatic heterocycles. The fraction of sp³-hybridized carbons (Fsp3) is 0.640. The molecule has 2 heterocycles. The highest BCUT2D eigenvalue weighted by atomic mass is 19.3. The van der Waals surface area contributed by atoms with E-state index in [0.29, 0.717) is 34.4 Å². The Morgan fingerprint density at radius 2 is 1.91 bits per heavy atom. The van der Waals surface area contributed by atoms with Gasteiger partial charge in [-0.2, -0.15) is 8.78 Å². The minimum atomic E-state index is -2.91. The largest absolute Gasteiger partial charge is 0.434 e. The quantitative estimate of drug-likeness (QED) is 0.631. The molecule has 3 aliphatic carbocycles. The number of ether oxygens (including phenoxy) is 3. The van der Waals surface area contributed by atoms with Crippen molar-refractivity contribution in [3.63, 3.8) is 0 Å². The summed E-state index contributed by atoms with van der Waals surface area (Å²) >= 11 is 0. The zero-order valence-corrected chi connectivity index (χ0v) is 18.8. The Morgan fingerprint density at radius 3 is 2.58 bits per heavy atom. The number of benzene rings is 1. The van der Waals surface area contributed by atoms with Gasteiger partial charge in [-0.05, 0) is 50.2 Å². The van der Waals surface area contributed by atoms with Crippen LogP contribution in [0.5, 0.6) is 5.75 Å². The second-order valence-corrected chi connectivity index (χ2v) is 9.55. The number of halogens is 2. The molecule has 2 aromatic rings. The highest BCUT2D eigenvalue weighted by Gasteiger charge is 2.58. The van der Waals surface area contributed by atoms with E-state index in [2.05, 4.69) is 16.8 Å². The van der Waals surface area contributed by atoms with Crippen molar-refractivity contribution in [1.82, 2.24) is 5.16 Å². The molecule has 1 aromatic carbocycles. The van der Waals surface area contributed by atoms with Gasteiger partial charge in [-0.25, -0.2) is 0 Å². The van der Waals surface area contributed by atoms with Crippen LogP contribution in [0.3, 0.4) is 0 Å². The molecule has 1 N–H and O–H groups in total. The summed E-state index contributed by atoms with van der Waals surface area (Å²) in [5, 5.41) is 13.4. The van der Waals surface area contributed by atoms with Gasteiger partial charge in [-0.1, -0.05) is 30.6 Å². The highest BCUT2D eigenvalue weighted by molar-refractivity contribution is 5.70. The van der Waals surface area contributed by atoms with Gasteiger partial charge in [0.2, 0.25) is 0 Å². The SMILES string of the molecule is CC1CC2CCCC1C21OCCO1.OCc1c(-c2ccccc2OC(F)F)noc1C1CC1. The number of aliphatic hydroxyl groups is 1. The molecule has 0 radical (unpaired) electrons. The van der Waals surface area contributed by atoms with Gasteiger partial charge in [0.25, 0.3) is 0 Å². The van der Waals surface area contributed by atoms with Crippen LogP contribution in [-0.2, 0) is 16.1 Å². The van der Waals surface area contributed by atoms with Gasteiger partial charge in [-0.15, -0.1) is 0 Å². The maximum atomic E-state index is 12.4. The van der Waals surface area contributed by atoms with Crippen molar-refractivity contribution in [3.8, 4) is 17.0 Å². The van der Waals surface area contributed by atoms with Crippen LogP contribution in [0, 0.1) is 17.8 Å². The van der Waals surface area contributed by atoms with Crippen LogP contribution in [0.15, 0.2) is 28.8 Å². The van der Waals surface area contributed by atoms with E-state index in [-0.39, 0.29) is 24.1 Å². The lowest BCUT2D eigenvalue weighted by Crippen LogP contribution is -2.44. The summed E-state index contributed by atoms with van der Waals surface area (Å²) in [5.41, 5.74) is 1.32. The third kappa shape index (κ3) is 4.29. The average molecular weight is 464 g/mol. The Morgan fingerprint density at radius 1 is 1.15 bits per heavy atom. The fourth-order valence-electron chi connectivity index (χ4n) is 5.97. The summed E-state index contributed by atoms with van der Waals surface area (Å²) in [4.78, 5) is 0. The Hall–Kier alpha value is -2.03. The number of alkyl halides is 2. The van der Waals surface area contributed by atoms with Crippen molar-refractivity contribution < 1.29 is 32.6 Å². The number of hydrogen-bond acceptors (Lipinski definition) is 6. The lowest BCUT2D eigenvalue weighted by atomic mass is 9.81.